The minimum absolute atomic E-state index is 0.0441. The number of ether oxygens (including phenoxy) is 2. The van der Waals surface area contributed by atoms with Gasteiger partial charge in [0.25, 0.3) is 0 Å². The van der Waals surface area contributed by atoms with E-state index in [4.69, 9.17) is 9.47 Å². The van der Waals surface area contributed by atoms with Crippen molar-refractivity contribution in [3.05, 3.63) is 0 Å². The highest BCUT2D eigenvalue weighted by Crippen LogP contribution is 2.23. The molecule has 1 fully saturated rings. The normalized spacial score (nSPS) is 25.0. The van der Waals surface area contributed by atoms with E-state index in [1.54, 1.807) is 7.05 Å². The Balaban J connectivity index is 2.18. The monoisotopic (exact) mass is 243 g/mol. The molecule has 1 aliphatic rings. The molecule has 5 heteroatoms. The van der Waals surface area contributed by atoms with E-state index in [9.17, 15) is 0 Å². The standard InChI is InChI=1S/C12H25N3O2/c1-4-16-9-7-14-11(13-3)15-10-12(2)6-5-8-17-12/h4-10H2,1-3H3,(H2,13,14,15). The van der Waals surface area contributed by atoms with Crippen molar-refractivity contribution in [3.63, 3.8) is 0 Å². The van der Waals surface area contributed by atoms with Crippen molar-refractivity contribution < 1.29 is 9.47 Å². The topological polar surface area (TPSA) is 54.9 Å². The van der Waals surface area contributed by atoms with E-state index in [2.05, 4.69) is 22.5 Å². The molecule has 17 heavy (non-hydrogen) atoms. The van der Waals surface area contributed by atoms with Gasteiger partial charge in [0.1, 0.15) is 0 Å². The average molecular weight is 243 g/mol. The highest BCUT2D eigenvalue weighted by atomic mass is 16.5. The molecule has 0 bridgehead atoms. The summed E-state index contributed by atoms with van der Waals surface area (Å²) in [6.45, 7) is 8.01. The van der Waals surface area contributed by atoms with Crippen LogP contribution in [0.5, 0.6) is 0 Å². The summed E-state index contributed by atoms with van der Waals surface area (Å²) in [4.78, 5) is 4.16. The van der Waals surface area contributed by atoms with Gasteiger partial charge in [0.2, 0.25) is 0 Å². The van der Waals surface area contributed by atoms with Gasteiger partial charge in [-0.1, -0.05) is 0 Å². The van der Waals surface area contributed by atoms with E-state index in [0.29, 0.717) is 6.61 Å². The van der Waals surface area contributed by atoms with E-state index < -0.39 is 0 Å². The molecule has 1 rings (SSSR count). The van der Waals surface area contributed by atoms with Gasteiger partial charge in [0, 0.05) is 33.4 Å². The van der Waals surface area contributed by atoms with Crippen molar-refractivity contribution in [1.29, 1.82) is 0 Å². The predicted octanol–water partition coefficient (Wildman–Crippen LogP) is 0.757. The molecular formula is C12H25N3O2. The Bertz CT molecular complexity index is 238. The molecule has 1 atom stereocenters. The van der Waals surface area contributed by atoms with Gasteiger partial charge in [-0.05, 0) is 26.7 Å². The second-order valence-electron chi connectivity index (χ2n) is 4.45. The average Bonchev–Trinajstić information content (AvgIpc) is 2.76. The Hall–Kier alpha value is -0.810. The molecule has 2 N–H and O–H groups in total. The van der Waals surface area contributed by atoms with Crippen LogP contribution < -0.4 is 10.6 Å². The number of hydrogen-bond acceptors (Lipinski definition) is 3. The molecule has 1 aliphatic heterocycles. The SMILES string of the molecule is CCOCCNC(=NC)NCC1(C)CCCO1. The summed E-state index contributed by atoms with van der Waals surface area (Å²) >= 11 is 0. The molecule has 1 heterocycles. The number of hydrogen-bond donors (Lipinski definition) is 2. The molecule has 0 saturated carbocycles. The first-order valence-corrected chi connectivity index (χ1v) is 6.36. The molecule has 100 valence electrons. The Kier molecular flexibility index (Phi) is 6.29. The van der Waals surface area contributed by atoms with E-state index >= 15 is 0 Å². The molecule has 0 aromatic heterocycles. The van der Waals surface area contributed by atoms with Crippen LogP contribution in [0.1, 0.15) is 26.7 Å². The van der Waals surface area contributed by atoms with E-state index in [1.807, 2.05) is 6.92 Å². The summed E-state index contributed by atoms with van der Waals surface area (Å²) in [6.07, 6.45) is 2.25. The largest absolute Gasteiger partial charge is 0.380 e. The number of aliphatic imine (C=N–C) groups is 1. The van der Waals surface area contributed by atoms with Crippen molar-refractivity contribution >= 4 is 5.96 Å². The molecule has 0 amide bonds. The Labute approximate surface area is 104 Å². The van der Waals surface area contributed by atoms with Gasteiger partial charge in [-0.15, -0.1) is 0 Å². The maximum Gasteiger partial charge on any atom is 0.191 e. The summed E-state index contributed by atoms with van der Waals surface area (Å²) in [6, 6.07) is 0. The molecule has 0 radical (unpaired) electrons. The number of rotatable bonds is 6. The van der Waals surface area contributed by atoms with Crippen molar-refractivity contribution in [2.45, 2.75) is 32.3 Å². The molecule has 1 saturated heterocycles. The molecule has 0 aromatic rings. The van der Waals surface area contributed by atoms with Gasteiger partial charge >= 0.3 is 0 Å². The Morgan fingerprint density at radius 3 is 2.88 bits per heavy atom. The summed E-state index contributed by atoms with van der Waals surface area (Å²) in [7, 11) is 1.77. The van der Waals surface area contributed by atoms with Gasteiger partial charge in [-0.25, -0.2) is 0 Å². The first kappa shape index (κ1) is 14.3. The van der Waals surface area contributed by atoms with Gasteiger partial charge in [-0.3, -0.25) is 4.99 Å². The molecular weight excluding hydrogens is 218 g/mol. The van der Waals surface area contributed by atoms with Crippen LogP contribution in [0, 0.1) is 0 Å². The van der Waals surface area contributed by atoms with Gasteiger partial charge in [0.15, 0.2) is 5.96 Å². The third-order valence-electron chi connectivity index (χ3n) is 2.90. The minimum atomic E-state index is -0.0441. The zero-order valence-electron chi connectivity index (χ0n) is 11.2. The van der Waals surface area contributed by atoms with Crippen LogP contribution in [0.4, 0.5) is 0 Å². The number of nitrogens with one attached hydrogen (secondary N) is 2. The van der Waals surface area contributed by atoms with Crippen LogP contribution in [0.3, 0.4) is 0 Å². The second kappa shape index (κ2) is 7.50. The van der Waals surface area contributed by atoms with E-state index in [0.717, 1.165) is 45.1 Å². The predicted molar refractivity (Wildman–Crippen MR) is 69.4 cm³/mol. The second-order valence-corrected chi connectivity index (χ2v) is 4.45. The smallest absolute Gasteiger partial charge is 0.191 e. The van der Waals surface area contributed by atoms with Crippen LogP contribution in [0.2, 0.25) is 0 Å². The van der Waals surface area contributed by atoms with Gasteiger partial charge < -0.3 is 20.1 Å². The summed E-state index contributed by atoms with van der Waals surface area (Å²) in [5.41, 5.74) is -0.0441. The summed E-state index contributed by atoms with van der Waals surface area (Å²) in [5, 5.41) is 6.49. The van der Waals surface area contributed by atoms with E-state index in [-0.39, 0.29) is 5.60 Å². The van der Waals surface area contributed by atoms with Crippen LogP contribution in [-0.4, -0.2) is 51.5 Å². The third-order valence-corrected chi connectivity index (χ3v) is 2.90. The fourth-order valence-corrected chi connectivity index (χ4v) is 1.85. The highest BCUT2D eigenvalue weighted by Gasteiger charge is 2.29. The number of nitrogens with zero attached hydrogens (tertiary/aromatic N) is 1. The van der Waals surface area contributed by atoms with Gasteiger partial charge in [0.05, 0.1) is 12.2 Å². The minimum Gasteiger partial charge on any atom is -0.380 e. The molecule has 0 aliphatic carbocycles. The first-order chi connectivity index (χ1) is 8.20. The van der Waals surface area contributed by atoms with Crippen molar-refractivity contribution in [2.24, 2.45) is 4.99 Å². The molecule has 1 unspecified atom stereocenters. The van der Waals surface area contributed by atoms with Crippen LogP contribution in [-0.2, 0) is 9.47 Å². The molecule has 0 aromatic carbocycles. The fraction of sp³-hybridized carbons (Fsp3) is 0.917. The first-order valence-electron chi connectivity index (χ1n) is 6.36. The van der Waals surface area contributed by atoms with Crippen molar-refractivity contribution in [1.82, 2.24) is 10.6 Å². The number of guanidine groups is 1. The highest BCUT2D eigenvalue weighted by molar-refractivity contribution is 5.79. The zero-order valence-corrected chi connectivity index (χ0v) is 11.2. The lowest BCUT2D eigenvalue weighted by molar-refractivity contribution is 0.0242. The Morgan fingerprint density at radius 1 is 1.47 bits per heavy atom. The summed E-state index contributed by atoms with van der Waals surface area (Å²) in [5.74, 6) is 0.807. The Morgan fingerprint density at radius 2 is 2.29 bits per heavy atom. The van der Waals surface area contributed by atoms with Crippen molar-refractivity contribution in [2.75, 3.05) is 40.0 Å². The maximum atomic E-state index is 5.71. The van der Waals surface area contributed by atoms with E-state index in [1.165, 1.54) is 0 Å². The lowest BCUT2D eigenvalue weighted by Gasteiger charge is -2.24. The lowest BCUT2D eigenvalue weighted by atomic mass is 10.0. The third kappa shape index (κ3) is 5.37. The molecule has 0 spiro atoms. The van der Waals surface area contributed by atoms with Crippen LogP contribution >= 0.6 is 0 Å². The maximum absolute atomic E-state index is 5.71. The van der Waals surface area contributed by atoms with Crippen LogP contribution in [0.25, 0.3) is 0 Å². The van der Waals surface area contributed by atoms with Gasteiger partial charge in [-0.2, -0.15) is 0 Å². The quantitative estimate of drug-likeness (QED) is 0.411. The fourth-order valence-electron chi connectivity index (χ4n) is 1.85. The lowest BCUT2D eigenvalue weighted by Crippen LogP contribution is -2.46. The summed E-state index contributed by atoms with van der Waals surface area (Å²) < 4.78 is 11.0. The van der Waals surface area contributed by atoms with Crippen molar-refractivity contribution in [3.8, 4) is 0 Å². The van der Waals surface area contributed by atoms with Crippen LogP contribution in [0.15, 0.2) is 4.99 Å². The zero-order chi connectivity index (χ0) is 12.6. The molecule has 5 nitrogen and oxygen atoms in total.